The summed E-state index contributed by atoms with van der Waals surface area (Å²) >= 11 is 4.62. The van der Waals surface area contributed by atoms with Gasteiger partial charge >= 0.3 is 0 Å². The number of non-ortho nitro benzene ring substituents is 1. The Balaban J connectivity index is 1.53. The summed E-state index contributed by atoms with van der Waals surface area (Å²) in [5, 5.41) is 14.0. The molecule has 144 valence electrons. The molecule has 7 nitrogen and oxygen atoms in total. The number of benzene rings is 2. The molecule has 1 fully saturated rings. The van der Waals surface area contributed by atoms with Crippen molar-refractivity contribution < 1.29 is 14.1 Å². The van der Waals surface area contributed by atoms with Gasteiger partial charge in [-0.05, 0) is 54.2 Å². The van der Waals surface area contributed by atoms with Gasteiger partial charge in [0, 0.05) is 28.2 Å². The van der Waals surface area contributed by atoms with Crippen molar-refractivity contribution in [2.24, 2.45) is 4.99 Å². The summed E-state index contributed by atoms with van der Waals surface area (Å²) in [4.78, 5) is 27.4. The van der Waals surface area contributed by atoms with E-state index >= 15 is 0 Å². The van der Waals surface area contributed by atoms with E-state index < -0.39 is 4.92 Å². The molecule has 0 spiro atoms. The van der Waals surface area contributed by atoms with Gasteiger partial charge in [-0.15, -0.1) is 0 Å². The van der Waals surface area contributed by atoms with Crippen molar-refractivity contribution in [1.29, 1.82) is 0 Å². The van der Waals surface area contributed by atoms with Crippen molar-refractivity contribution in [3.05, 3.63) is 85.9 Å². The number of hydrogen-bond acceptors (Lipinski definition) is 6. The Morgan fingerprint density at radius 2 is 1.93 bits per heavy atom. The number of furan rings is 1. The topological polar surface area (TPSA) is 97.7 Å². The smallest absolute Gasteiger partial charge is 0.269 e. The number of thioether (sulfide) groups is 1. The maximum atomic E-state index is 12.2. The fourth-order valence-corrected chi connectivity index (χ4v) is 3.81. The zero-order valence-electron chi connectivity index (χ0n) is 14.7. The van der Waals surface area contributed by atoms with E-state index in [0.717, 1.165) is 10.2 Å². The van der Waals surface area contributed by atoms with Gasteiger partial charge in [0.05, 0.1) is 15.5 Å². The van der Waals surface area contributed by atoms with E-state index in [0.29, 0.717) is 27.2 Å². The molecule has 0 atom stereocenters. The van der Waals surface area contributed by atoms with Crippen LogP contribution in [0.4, 0.5) is 11.4 Å². The zero-order chi connectivity index (χ0) is 20.4. The van der Waals surface area contributed by atoms with Crippen molar-refractivity contribution in [1.82, 2.24) is 5.32 Å². The first-order valence-corrected chi connectivity index (χ1v) is 9.99. The van der Waals surface area contributed by atoms with Crippen molar-refractivity contribution in [3.8, 4) is 11.3 Å². The highest BCUT2D eigenvalue weighted by atomic mass is 79.9. The SMILES string of the molecule is O=C1NC(=Nc2cccc(Br)c2)S/C1=C/c1ccc(-c2ccc([N+](=O)[O-])cc2)o1. The Hall–Kier alpha value is -3.17. The van der Waals surface area contributed by atoms with E-state index in [1.54, 1.807) is 30.3 Å². The molecule has 2 heterocycles. The van der Waals surface area contributed by atoms with Crippen LogP contribution in [0.5, 0.6) is 0 Å². The predicted octanol–water partition coefficient (Wildman–Crippen LogP) is 5.51. The van der Waals surface area contributed by atoms with E-state index in [4.69, 9.17) is 4.42 Å². The van der Waals surface area contributed by atoms with E-state index in [9.17, 15) is 14.9 Å². The summed E-state index contributed by atoms with van der Waals surface area (Å²) in [5.74, 6) is 0.801. The van der Waals surface area contributed by atoms with Crippen LogP contribution < -0.4 is 5.32 Å². The van der Waals surface area contributed by atoms with Crippen molar-refractivity contribution >= 4 is 56.2 Å². The normalized spacial score (nSPS) is 16.4. The number of carbonyl (C=O) groups is 1. The Morgan fingerprint density at radius 1 is 1.14 bits per heavy atom. The van der Waals surface area contributed by atoms with Crippen molar-refractivity contribution in [2.75, 3.05) is 0 Å². The molecule has 1 aliphatic rings. The summed E-state index contributed by atoms with van der Waals surface area (Å²) < 4.78 is 6.67. The molecule has 1 aliphatic heterocycles. The molecule has 3 aromatic rings. The molecular weight excluding hydrogens is 458 g/mol. The third-order valence-electron chi connectivity index (χ3n) is 3.95. The van der Waals surface area contributed by atoms with Gasteiger partial charge in [0.1, 0.15) is 11.5 Å². The Bertz CT molecular complexity index is 1170. The number of carbonyl (C=O) groups excluding carboxylic acids is 1. The predicted molar refractivity (Wildman–Crippen MR) is 116 cm³/mol. The van der Waals surface area contributed by atoms with Gasteiger partial charge in [-0.25, -0.2) is 4.99 Å². The Morgan fingerprint density at radius 3 is 2.66 bits per heavy atom. The third-order valence-corrected chi connectivity index (χ3v) is 5.36. The molecule has 0 saturated carbocycles. The molecule has 0 bridgehead atoms. The summed E-state index contributed by atoms with van der Waals surface area (Å²) in [6.45, 7) is 0. The Kier molecular flexibility index (Phi) is 5.32. The Labute approximate surface area is 177 Å². The molecule has 2 aromatic carbocycles. The molecule has 1 saturated heterocycles. The monoisotopic (exact) mass is 469 g/mol. The van der Waals surface area contributed by atoms with Crippen LogP contribution in [0.25, 0.3) is 17.4 Å². The maximum Gasteiger partial charge on any atom is 0.269 e. The minimum absolute atomic E-state index is 0.0129. The second-order valence-corrected chi connectivity index (χ2v) is 7.91. The number of amides is 1. The van der Waals surface area contributed by atoms with Gasteiger partial charge in [-0.1, -0.05) is 22.0 Å². The number of nitrogens with one attached hydrogen (secondary N) is 1. The highest BCUT2D eigenvalue weighted by Crippen LogP contribution is 2.31. The molecular formula is C20H12BrN3O4S. The number of nitro benzene ring substituents is 1. The number of hydrogen-bond donors (Lipinski definition) is 1. The van der Waals surface area contributed by atoms with Crippen molar-refractivity contribution in [2.45, 2.75) is 0 Å². The number of rotatable bonds is 4. The van der Waals surface area contributed by atoms with E-state index in [2.05, 4.69) is 26.2 Å². The largest absolute Gasteiger partial charge is 0.457 e. The molecule has 9 heteroatoms. The first-order chi connectivity index (χ1) is 14.0. The van der Waals surface area contributed by atoms with Crippen molar-refractivity contribution in [3.63, 3.8) is 0 Å². The average Bonchev–Trinajstić information content (AvgIpc) is 3.29. The van der Waals surface area contributed by atoms with Crippen LogP contribution in [0.3, 0.4) is 0 Å². The van der Waals surface area contributed by atoms with E-state index in [-0.39, 0.29) is 11.6 Å². The minimum Gasteiger partial charge on any atom is -0.457 e. The van der Waals surface area contributed by atoms with Crippen LogP contribution in [0.1, 0.15) is 5.76 Å². The number of halogens is 1. The van der Waals surface area contributed by atoms with Gasteiger partial charge in [-0.2, -0.15) is 0 Å². The van der Waals surface area contributed by atoms with Gasteiger partial charge in [0.2, 0.25) is 0 Å². The van der Waals surface area contributed by atoms with Gasteiger partial charge in [-0.3, -0.25) is 14.9 Å². The van der Waals surface area contributed by atoms with Gasteiger partial charge in [0.15, 0.2) is 5.17 Å². The summed E-state index contributed by atoms with van der Waals surface area (Å²) in [6.07, 6.45) is 1.64. The second kappa shape index (κ2) is 8.06. The minimum atomic E-state index is -0.453. The van der Waals surface area contributed by atoms with E-state index in [1.165, 1.54) is 23.9 Å². The zero-order valence-corrected chi connectivity index (χ0v) is 17.1. The summed E-state index contributed by atoms with van der Waals surface area (Å²) in [5.41, 5.74) is 1.45. The lowest BCUT2D eigenvalue weighted by Gasteiger charge is -1.97. The third kappa shape index (κ3) is 4.47. The van der Waals surface area contributed by atoms with Crippen LogP contribution in [0, 0.1) is 10.1 Å². The fourth-order valence-electron chi connectivity index (χ4n) is 2.61. The van der Waals surface area contributed by atoms with Crippen LogP contribution in [-0.4, -0.2) is 16.0 Å². The standard InChI is InChI=1S/C20H12BrN3O4S/c21-13-2-1-3-14(10-13)22-20-23-19(25)18(29-20)11-16-8-9-17(28-16)12-4-6-15(7-5-12)24(26)27/h1-11H,(H,22,23,25)/b18-11+. The molecule has 29 heavy (non-hydrogen) atoms. The van der Waals surface area contributed by atoms with E-state index in [1.807, 2.05) is 24.3 Å². The number of nitrogens with zero attached hydrogens (tertiary/aromatic N) is 2. The van der Waals surface area contributed by atoms with Gasteiger partial charge < -0.3 is 9.73 Å². The molecule has 4 rings (SSSR count). The number of aliphatic imine (C=N–C) groups is 1. The number of amidine groups is 1. The van der Waals surface area contributed by atoms with Crippen LogP contribution in [-0.2, 0) is 4.79 Å². The lowest BCUT2D eigenvalue weighted by molar-refractivity contribution is -0.384. The van der Waals surface area contributed by atoms with Crippen LogP contribution >= 0.6 is 27.7 Å². The van der Waals surface area contributed by atoms with Crippen LogP contribution in [0.2, 0.25) is 0 Å². The first-order valence-electron chi connectivity index (χ1n) is 8.38. The molecule has 0 aliphatic carbocycles. The fraction of sp³-hybridized carbons (Fsp3) is 0. The highest BCUT2D eigenvalue weighted by Gasteiger charge is 2.24. The quantitative estimate of drug-likeness (QED) is 0.308. The molecule has 1 N–H and O–H groups in total. The first kappa shape index (κ1) is 19.2. The molecule has 0 radical (unpaired) electrons. The molecule has 1 aromatic heterocycles. The maximum absolute atomic E-state index is 12.2. The lowest BCUT2D eigenvalue weighted by Crippen LogP contribution is -2.19. The molecule has 1 amide bonds. The summed E-state index contributed by atoms with van der Waals surface area (Å²) in [6, 6.07) is 17.0. The summed E-state index contributed by atoms with van der Waals surface area (Å²) in [7, 11) is 0. The highest BCUT2D eigenvalue weighted by molar-refractivity contribution is 9.10. The van der Waals surface area contributed by atoms with Crippen LogP contribution in [0.15, 0.2) is 79.5 Å². The number of nitro groups is 1. The molecule has 0 unspecified atom stereocenters. The average molecular weight is 470 g/mol. The van der Waals surface area contributed by atoms with Gasteiger partial charge in [0.25, 0.3) is 11.6 Å². The lowest BCUT2D eigenvalue weighted by atomic mass is 10.1. The second-order valence-electron chi connectivity index (χ2n) is 5.97.